The molecule has 0 saturated heterocycles. The molecule has 0 rings (SSSR count). The Bertz CT molecular complexity index is 2450. The second-order valence-corrected chi connectivity index (χ2v) is 25.1. The van der Waals surface area contributed by atoms with Crippen molar-refractivity contribution in [3.8, 4) is 0 Å². The van der Waals surface area contributed by atoms with Crippen molar-refractivity contribution >= 4 is 17.9 Å². The topological polar surface area (TPSA) is 111 Å². The summed E-state index contributed by atoms with van der Waals surface area (Å²) < 4.78 is 22.8. The molecule has 9 heteroatoms. The Morgan fingerprint density at radius 3 is 0.825 bits per heavy atom. The number of allylic oxidation sites excluding steroid dienone is 38. The SMILES string of the molecule is CC/C=C\C/C=C\C/C=C\C/C=C\C/C=C\C/C=C\C/C=C\C/C=C\C/C=C\C/C=C\C/C=C\C/C=C\CCCCCCC(=O)OC(COC(=O)CCCCCCCCCCC/C=C\C/C=C\C/C=C\C/C=C\C/C=C\C/C=C\C/C=C\CC)COC(OCC[N+](C)(C)C)C(=O)[O-]. The van der Waals surface area contributed by atoms with Gasteiger partial charge in [-0.15, -0.1) is 0 Å². The van der Waals surface area contributed by atoms with Crippen LogP contribution < -0.4 is 5.11 Å². The van der Waals surface area contributed by atoms with Crippen LogP contribution in [0.5, 0.6) is 0 Å². The second kappa shape index (κ2) is 75.1. The molecule has 0 aliphatic carbocycles. The van der Waals surface area contributed by atoms with Crippen molar-refractivity contribution in [2.24, 2.45) is 0 Å². The molecule has 0 aromatic heterocycles. The Kier molecular flexibility index (Phi) is 70.0. The molecule has 0 saturated carbocycles. The van der Waals surface area contributed by atoms with Gasteiger partial charge in [-0.3, -0.25) is 9.59 Å². The third-order valence-corrected chi connectivity index (χ3v) is 14.9. The number of carbonyl (C=O) groups excluding carboxylic acids is 3. The van der Waals surface area contributed by atoms with E-state index < -0.39 is 24.3 Å². The van der Waals surface area contributed by atoms with Crippen molar-refractivity contribution in [3.05, 3.63) is 231 Å². The zero-order valence-corrected chi connectivity index (χ0v) is 61.6. The molecule has 0 amide bonds. The van der Waals surface area contributed by atoms with Gasteiger partial charge < -0.3 is 33.3 Å². The fourth-order valence-corrected chi connectivity index (χ4v) is 9.26. The highest BCUT2D eigenvalue weighted by atomic mass is 16.7. The third kappa shape index (κ3) is 76.6. The van der Waals surface area contributed by atoms with Crippen LogP contribution in [0, 0.1) is 0 Å². The van der Waals surface area contributed by atoms with Gasteiger partial charge in [0.25, 0.3) is 0 Å². The average Bonchev–Trinajstić information content (AvgIpc) is 3.27. The zero-order valence-electron chi connectivity index (χ0n) is 61.6. The van der Waals surface area contributed by atoms with Crippen LogP contribution in [0.25, 0.3) is 0 Å². The largest absolute Gasteiger partial charge is 0.545 e. The minimum Gasteiger partial charge on any atom is -0.545 e. The lowest BCUT2D eigenvalue weighted by molar-refractivity contribution is -0.870. The zero-order chi connectivity index (χ0) is 70.4. The van der Waals surface area contributed by atoms with Gasteiger partial charge in [0.05, 0.1) is 40.3 Å². The monoisotopic (exact) mass is 1330 g/mol. The molecule has 0 N–H and O–H groups in total. The van der Waals surface area contributed by atoms with E-state index in [0.29, 0.717) is 23.9 Å². The Morgan fingerprint density at radius 1 is 0.309 bits per heavy atom. The minimum absolute atomic E-state index is 0.128. The number of hydrogen-bond acceptors (Lipinski definition) is 8. The van der Waals surface area contributed by atoms with E-state index in [1.807, 2.05) is 21.1 Å². The summed E-state index contributed by atoms with van der Waals surface area (Å²) >= 11 is 0. The Hall–Kier alpha value is -6.65. The summed E-state index contributed by atoms with van der Waals surface area (Å²) in [5, 5.41) is 11.8. The fourth-order valence-electron chi connectivity index (χ4n) is 9.26. The van der Waals surface area contributed by atoms with Crippen molar-refractivity contribution in [1.29, 1.82) is 0 Å². The molecule has 2 unspecified atom stereocenters. The molecule has 0 radical (unpaired) electrons. The van der Waals surface area contributed by atoms with Crippen molar-refractivity contribution in [2.75, 3.05) is 47.5 Å². The first-order chi connectivity index (χ1) is 47.6. The summed E-state index contributed by atoms with van der Waals surface area (Å²) in [5.41, 5.74) is 0. The number of hydrogen-bond donors (Lipinski definition) is 0. The van der Waals surface area contributed by atoms with E-state index in [9.17, 15) is 19.5 Å². The predicted octanol–water partition coefficient (Wildman–Crippen LogP) is 22.9. The van der Waals surface area contributed by atoms with Gasteiger partial charge in [0.2, 0.25) is 0 Å². The summed E-state index contributed by atoms with van der Waals surface area (Å²) in [4.78, 5) is 37.5. The van der Waals surface area contributed by atoms with Gasteiger partial charge in [-0.05, 0) is 161 Å². The molecule has 0 heterocycles. The molecule has 0 aromatic rings. The van der Waals surface area contributed by atoms with E-state index in [-0.39, 0.29) is 38.6 Å². The van der Waals surface area contributed by atoms with Gasteiger partial charge in [0.15, 0.2) is 12.4 Å². The highest BCUT2D eigenvalue weighted by Crippen LogP contribution is 2.14. The number of rotatable bonds is 66. The van der Waals surface area contributed by atoms with Crippen molar-refractivity contribution in [2.45, 2.75) is 257 Å². The first kappa shape index (κ1) is 90.4. The van der Waals surface area contributed by atoms with Gasteiger partial charge in [-0.1, -0.05) is 303 Å². The molecule has 0 bridgehead atoms. The summed E-state index contributed by atoms with van der Waals surface area (Å²) in [5.74, 6) is -2.35. The van der Waals surface area contributed by atoms with Crippen LogP contribution in [0.4, 0.5) is 0 Å². The van der Waals surface area contributed by atoms with Crippen molar-refractivity contribution in [1.82, 2.24) is 0 Å². The first-order valence-corrected chi connectivity index (χ1v) is 37.5. The molecule has 540 valence electrons. The lowest BCUT2D eigenvalue weighted by Crippen LogP contribution is -2.44. The van der Waals surface area contributed by atoms with E-state index in [1.54, 1.807) is 0 Å². The first-order valence-electron chi connectivity index (χ1n) is 37.5. The molecule has 0 fully saturated rings. The van der Waals surface area contributed by atoms with Gasteiger partial charge in [0.1, 0.15) is 13.2 Å². The number of likely N-dealkylation sites (N-methyl/N-ethyl adjacent to an activating group) is 1. The predicted molar refractivity (Wildman–Crippen MR) is 416 cm³/mol. The van der Waals surface area contributed by atoms with Crippen LogP contribution in [0.2, 0.25) is 0 Å². The molecule has 9 nitrogen and oxygen atoms in total. The molecule has 97 heavy (non-hydrogen) atoms. The Balaban J connectivity index is 4.26. The summed E-state index contributed by atoms with van der Waals surface area (Å²) in [7, 11) is 5.90. The summed E-state index contributed by atoms with van der Waals surface area (Å²) in [6, 6.07) is 0. The molecule has 0 spiro atoms. The average molecular weight is 1340 g/mol. The number of nitrogens with zero attached hydrogens (tertiary/aromatic N) is 1. The third-order valence-electron chi connectivity index (χ3n) is 14.9. The molecule has 0 aliphatic rings. The number of carboxylic acid groups (broad SMARTS) is 1. The van der Waals surface area contributed by atoms with Gasteiger partial charge in [-0.2, -0.15) is 0 Å². The van der Waals surface area contributed by atoms with E-state index in [2.05, 4.69) is 245 Å². The van der Waals surface area contributed by atoms with E-state index in [4.69, 9.17) is 18.9 Å². The number of carboxylic acids is 1. The van der Waals surface area contributed by atoms with Gasteiger partial charge in [0, 0.05) is 12.8 Å². The highest BCUT2D eigenvalue weighted by molar-refractivity contribution is 5.70. The molecule has 2 atom stereocenters. The Labute approximate surface area is 593 Å². The van der Waals surface area contributed by atoms with Crippen LogP contribution in [0.1, 0.15) is 245 Å². The fraction of sp³-hybridized carbons (Fsp3) is 0.534. The lowest BCUT2D eigenvalue weighted by Gasteiger charge is -2.26. The Morgan fingerprint density at radius 2 is 0.557 bits per heavy atom. The second-order valence-electron chi connectivity index (χ2n) is 25.1. The number of carbonyl (C=O) groups is 3. The number of aliphatic carboxylic acids is 1. The molecule has 0 aromatic carbocycles. The quantitative estimate of drug-likeness (QED) is 0.0195. The van der Waals surface area contributed by atoms with Crippen LogP contribution >= 0.6 is 0 Å². The maximum Gasteiger partial charge on any atom is 0.306 e. The lowest BCUT2D eigenvalue weighted by atomic mass is 10.1. The number of quaternary nitrogens is 1. The number of unbranched alkanes of at least 4 members (excludes halogenated alkanes) is 13. The van der Waals surface area contributed by atoms with Gasteiger partial charge in [-0.25, -0.2) is 0 Å². The van der Waals surface area contributed by atoms with E-state index in [1.165, 1.54) is 32.1 Å². The summed E-state index contributed by atoms with van der Waals surface area (Å²) in [6.07, 6.45) is 117. The standard InChI is InChI=1S/C88H135NO8/c1-6-8-10-12-14-16-18-20-22-24-26-28-30-32-34-36-38-39-40-41-42-43-44-45-46-47-49-51-53-55-57-59-61-63-65-67-69-71-73-75-77-79-86(91)97-84(83-96-88(87(92)93)94-81-80-89(3,4)5)82-95-85(90)78-76-74-72-70-68-66-64-62-60-58-56-54-52-50-48-37-35-33-31-29-27-25-23-21-19-17-15-13-11-9-7-2/h8-11,14-17,20-23,26-29,32-35,38-39,41-42,44-45,47-50,53-56,59,61,65,67,84,88H,6-7,12-13,18-19,24-25,30-31,36-37,40,43,46,51-52,57-58,60,62-64,66,68-83H2,1-5H3/b10-8-,11-9-,16-14-,17-15-,22-20-,23-21-,28-26-,29-27-,34-32-,35-33-,39-38-,42-41-,45-44-,49-47-,50-48-,55-53-,56-54-,61-59-,67-65-. The van der Waals surface area contributed by atoms with Crippen molar-refractivity contribution in [3.63, 3.8) is 0 Å². The maximum absolute atomic E-state index is 12.9. The minimum atomic E-state index is -1.65. The number of ether oxygens (including phenoxy) is 4. The van der Waals surface area contributed by atoms with Crippen molar-refractivity contribution < 1.29 is 42.9 Å². The molecular weight excluding hydrogens is 1200 g/mol. The normalized spacial score (nSPS) is 14.0. The molecular formula is C88H135NO8. The van der Waals surface area contributed by atoms with Crippen LogP contribution in [-0.4, -0.2) is 82.3 Å². The van der Waals surface area contributed by atoms with Gasteiger partial charge >= 0.3 is 11.9 Å². The smallest absolute Gasteiger partial charge is 0.306 e. The maximum atomic E-state index is 12.9. The highest BCUT2D eigenvalue weighted by Gasteiger charge is 2.22. The van der Waals surface area contributed by atoms with Crippen LogP contribution in [0.15, 0.2) is 231 Å². The van der Waals surface area contributed by atoms with E-state index in [0.717, 1.165) is 173 Å². The summed E-state index contributed by atoms with van der Waals surface area (Å²) in [6.45, 7) is 4.45. The van der Waals surface area contributed by atoms with Crippen LogP contribution in [0.3, 0.4) is 0 Å². The van der Waals surface area contributed by atoms with Crippen LogP contribution in [-0.2, 0) is 33.3 Å². The molecule has 0 aliphatic heterocycles. The number of esters is 2. The van der Waals surface area contributed by atoms with E-state index >= 15 is 0 Å².